The molecule has 152 valence electrons. The molecule has 1 saturated heterocycles. The van der Waals surface area contributed by atoms with E-state index in [0.29, 0.717) is 4.90 Å². The molecule has 1 aliphatic heterocycles. The van der Waals surface area contributed by atoms with Crippen molar-refractivity contribution in [2.45, 2.75) is 24.2 Å². The van der Waals surface area contributed by atoms with Crippen molar-refractivity contribution in [3.63, 3.8) is 0 Å². The van der Waals surface area contributed by atoms with Gasteiger partial charge in [-0.2, -0.15) is 4.31 Å². The number of nitrogens with zero attached hydrogens (tertiary/aromatic N) is 3. The SMILES string of the molecule is O=C(c1cccc([N+](=O)[O-])c1)N1CCN(S(=O)(=O)c2ccc3c(c2)CCC3)CC1. The van der Waals surface area contributed by atoms with Gasteiger partial charge < -0.3 is 4.90 Å². The maximum Gasteiger partial charge on any atom is 0.270 e. The predicted molar refractivity (Wildman–Crippen MR) is 106 cm³/mol. The number of aryl methyl sites for hydroxylation is 2. The number of hydrogen-bond donors (Lipinski definition) is 0. The maximum atomic E-state index is 13.0. The zero-order chi connectivity index (χ0) is 20.6. The number of benzene rings is 2. The van der Waals surface area contributed by atoms with Crippen LogP contribution >= 0.6 is 0 Å². The number of piperazine rings is 1. The van der Waals surface area contributed by atoms with Crippen LogP contribution < -0.4 is 0 Å². The van der Waals surface area contributed by atoms with Gasteiger partial charge in [-0.15, -0.1) is 0 Å². The van der Waals surface area contributed by atoms with E-state index >= 15 is 0 Å². The van der Waals surface area contributed by atoms with Crippen LogP contribution in [0.2, 0.25) is 0 Å². The van der Waals surface area contributed by atoms with Crippen LogP contribution in [0.3, 0.4) is 0 Å². The first-order valence-electron chi connectivity index (χ1n) is 9.52. The molecule has 0 spiro atoms. The van der Waals surface area contributed by atoms with E-state index < -0.39 is 14.9 Å². The summed E-state index contributed by atoms with van der Waals surface area (Å²) in [5.41, 5.74) is 2.41. The van der Waals surface area contributed by atoms with E-state index in [2.05, 4.69) is 0 Å². The van der Waals surface area contributed by atoms with E-state index in [-0.39, 0.29) is 43.3 Å². The summed E-state index contributed by atoms with van der Waals surface area (Å²) in [6, 6.07) is 10.9. The van der Waals surface area contributed by atoms with E-state index in [9.17, 15) is 23.3 Å². The van der Waals surface area contributed by atoms with Crippen LogP contribution in [-0.4, -0.2) is 54.6 Å². The smallest absolute Gasteiger partial charge is 0.270 e. The van der Waals surface area contributed by atoms with Crippen molar-refractivity contribution in [3.8, 4) is 0 Å². The van der Waals surface area contributed by atoms with Crippen molar-refractivity contribution < 1.29 is 18.1 Å². The second kappa shape index (κ2) is 7.57. The molecule has 9 heteroatoms. The number of nitro groups is 1. The van der Waals surface area contributed by atoms with Gasteiger partial charge in [0.1, 0.15) is 0 Å². The van der Waals surface area contributed by atoms with Crippen molar-refractivity contribution in [3.05, 3.63) is 69.3 Å². The molecule has 29 heavy (non-hydrogen) atoms. The molecule has 0 saturated carbocycles. The number of sulfonamides is 1. The average Bonchev–Trinajstić information content (AvgIpc) is 3.21. The zero-order valence-corrected chi connectivity index (χ0v) is 16.6. The van der Waals surface area contributed by atoms with Gasteiger partial charge in [-0.1, -0.05) is 12.1 Å². The van der Waals surface area contributed by atoms with Crippen molar-refractivity contribution in [1.29, 1.82) is 0 Å². The molecule has 1 amide bonds. The number of carbonyl (C=O) groups is 1. The highest BCUT2D eigenvalue weighted by Gasteiger charge is 2.31. The number of non-ortho nitro benzene ring substituents is 1. The topological polar surface area (TPSA) is 101 Å². The molecule has 0 atom stereocenters. The lowest BCUT2D eigenvalue weighted by molar-refractivity contribution is -0.384. The van der Waals surface area contributed by atoms with Crippen LogP contribution in [0.4, 0.5) is 5.69 Å². The minimum absolute atomic E-state index is 0.145. The highest BCUT2D eigenvalue weighted by atomic mass is 32.2. The summed E-state index contributed by atoms with van der Waals surface area (Å²) in [6.45, 7) is 0.873. The Labute approximate surface area is 168 Å². The summed E-state index contributed by atoms with van der Waals surface area (Å²) >= 11 is 0. The summed E-state index contributed by atoms with van der Waals surface area (Å²) in [6.07, 6.45) is 2.95. The normalized spacial score (nSPS) is 17.2. The molecule has 2 aliphatic rings. The fourth-order valence-corrected chi connectivity index (χ4v) is 5.40. The molecule has 1 aliphatic carbocycles. The Morgan fingerprint density at radius 2 is 1.69 bits per heavy atom. The third kappa shape index (κ3) is 3.75. The summed E-state index contributed by atoms with van der Waals surface area (Å²) in [4.78, 5) is 24.9. The van der Waals surface area contributed by atoms with Crippen molar-refractivity contribution in [1.82, 2.24) is 9.21 Å². The van der Waals surface area contributed by atoms with Crippen molar-refractivity contribution in [2.24, 2.45) is 0 Å². The van der Waals surface area contributed by atoms with Gasteiger partial charge in [0.15, 0.2) is 0 Å². The fourth-order valence-electron chi connectivity index (χ4n) is 3.92. The van der Waals surface area contributed by atoms with E-state index in [1.54, 1.807) is 12.1 Å². The lowest BCUT2D eigenvalue weighted by atomic mass is 10.1. The van der Waals surface area contributed by atoms with E-state index in [4.69, 9.17) is 0 Å². The molecule has 2 aromatic carbocycles. The van der Waals surface area contributed by atoms with E-state index in [0.717, 1.165) is 24.8 Å². The van der Waals surface area contributed by atoms with Gasteiger partial charge >= 0.3 is 0 Å². The summed E-state index contributed by atoms with van der Waals surface area (Å²) < 4.78 is 27.4. The van der Waals surface area contributed by atoms with E-state index in [1.165, 1.54) is 39.0 Å². The molecule has 0 bridgehead atoms. The molecule has 0 N–H and O–H groups in total. The molecule has 8 nitrogen and oxygen atoms in total. The Hall–Kier alpha value is -2.78. The summed E-state index contributed by atoms with van der Waals surface area (Å²) in [5, 5.41) is 10.9. The van der Waals surface area contributed by atoms with Crippen LogP contribution in [0.15, 0.2) is 47.4 Å². The lowest BCUT2D eigenvalue weighted by Gasteiger charge is -2.34. The minimum Gasteiger partial charge on any atom is -0.336 e. The Balaban J connectivity index is 1.45. The first-order chi connectivity index (χ1) is 13.9. The van der Waals surface area contributed by atoms with Crippen LogP contribution in [0.1, 0.15) is 27.9 Å². The van der Waals surface area contributed by atoms with Crippen LogP contribution in [0.5, 0.6) is 0 Å². The predicted octanol–water partition coefficient (Wildman–Crippen LogP) is 2.23. The highest BCUT2D eigenvalue weighted by Crippen LogP contribution is 2.27. The molecule has 1 fully saturated rings. The largest absolute Gasteiger partial charge is 0.336 e. The first-order valence-corrected chi connectivity index (χ1v) is 11.0. The van der Waals surface area contributed by atoms with Gasteiger partial charge in [-0.3, -0.25) is 14.9 Å². The molecule has 0 radical (unpaired) electrons. The second-order valence-corrected chi connectivity index (χ2v) is 9.23. The monoisotopic (exact) mass is 415 g/mol. The summed E-state index contributed by atoms with van der Waals surface area (Å²) in [5.74, 6) is -0.330. The molecule has 4 rings (SSSR count). The van der Waals surface area contributed by atoms with Crippen LogP contribution in [0.25, 0.3) is 0 Å². The van der Waals surface area contributed by atoms with Crippen LogP contribution in [-0.2, 0) is 22.9 Å². The first kappa shape index (κ1) is 19.5. The van der Waals surface area contributed by atoms with Gasteiger partial charge in [0.25, 0.3) is 11.6 Å². The molecule has 0 aromatic heterocycles. The maximum absolute atomic E-state index is 13.0. The molecule has 2 aromatic rings. The number of carbonyl (C=O) groups excluding carboxylic acids is 1. The molecular formula is C20H21N3O5S. The van der Waals surface area contributed by atoms with Gasteiger partial charge in [-0.25, -0.2) is 8.42 Å². The van der Waals surface area contributed by atoms with Gasteiger partial charge in [-0.05, 0) is 48.6 Å². The summed E-state index contributed by atoms with van der Waals surface area (Å²) in [7, 11) is -3.61. The zero-order valence-electron chi connectivity index (χ0n) is 15.8. The quantitative estimate of drug-likeness (QED) is 0.563. The van der Waals surface area contributed by atoms with Gasteiger partial charge in [0.05, 0.1) is 9.82 Å². The molecule has 1 heterocycles. The minimum atomic E-state index is -3.61. The Morgan fingerprint density at radius 3 is 2.41 bits per heavy atom. The average molecular weight is 415 g/mol. The Kier molecular flexibility index (Phi) is 5.10. The number of amides is 1. The lowest BCUT2D eigenvalue weighted by Crippen LogP contribution is -2.50. The number of hydrogen-bond acceptors (Lipinski definition) is 5. The fraction of sp³-hybridized carbons (Fsp3) is 0.350. The van der Waals surface area contributed by atoms with Crippen molar-refractivity contribution in [2.75, 3.05) is 26.2 Å². The Bertz CT molecular complexity index is 1080. The van der Waals surface area contributed by atoms with E-state index in [1.807, 2.05) is 6.07 Å². The standard InChI is InChI=1S/C20H21N3O5S/c24-20(17-5-2-6-18(13-17)23(25)26)21-9-11-22(12-10-21)29(27,28)19-8-7-15-3-1-4-16(15)14-19/h2,5-8,13-14H,1,3-4,9-12H2. The number of fused-ring (bicyclic) bond motifs is 1. The third-order valence-electron chi connectivity index (χ3n) is 5.54. The number of rotatable bonds is 4. The van der Waals surface area contributed by atoms with Gasteiger partial charge in [0, 0.05) is 43.9 Å². The second-order valence-electron chi connectivity index (χ2n) is 7.29. The van der Waals surface area contributed by atoms with Gasteiger partial charge in [0.2, 0.25) is 10.0 Å². The molecular weight excluding hydrogens is 394 g/mol. The third-order valence-corrected chi connectivity index (χ3v) is 7.43. The molecule has 0 unspecified atom stereocenters. The number of nitro benzene ring substituents is 1. The highest BCUT2D eigenvalue weighted by molar-refractivity contribution is 7.89. The van der Waals surface area contributed by atoms with Crippen LogP contribution in [0, 0.1) is 10.1 Å². The Morgan fingerprint density at radius 1 is 0.966 bits per heavy atom. The van der Waals surface area contributed by atoms with Crippen molar-refractivity contribution >= 4 is 21.6 Å².